The van der Waals surface area contributed by atoms with Crippen molar-refractivity contribution in [3.8, 4) is 0 Å². The summed E-state index contributed by atoms with van der Waals surface area (Å²) in [6.07, 6.45) is 2.74. The van der Waals surface area contributed by atoms with E-state index in [1.165, 1.54) is 0 Å². The Balaban J connectivity index is 3.62. The Morgan fingerprint density at radius 1 is 1.46 bits per heavy atom. The minimum absolute atomic E-state index is 0.108. The third-order valence-electron chi connectivity index (χ3n) is 1.99. The Labute approximate surface area is 80.9 Å². The molecule has 0 saturated heterocycles. The largest absolute Gasteiger partial charge is 0.498 e. The first-order valence-electron chi connectivity index (χ1n) is 4.56. The zero-order valence-corrected chi connectivity index (χ0v) is 9.09. The van der Waals surface area contributed by atoms with Crippen LogP contribution in [0, 0.1) is 0 Å². The zero-order valence-electron chi connectivity index (χ0n) is 9.09. The Morgan fingerprint density at radius 2 is 2.08 bits per heavy atom. The van der Waals surface area contributed by atoms with Crippen molar-refractivity contribution < 1.29 is 9.47 Å². The summed E-state index contributed by atoms with van der Waals surface area (Å²) in [6.45, 7) is 7.19. The topological polar surface area (TPSA) is 44.5 Å². The summed E-state index contributed by atoms with van der Waals surface area (Å²) in [5.74, 6) is 0.884. The highest BCUT2D eigenvalue weighted by Gasteiger charge is 2.15. The van der Waals surface area contributed by atoms with Crippen LogP contribution >= 0.6 is 0 Å². The molecule has 0 spiro atoms. The highest BCUT2D eigenvalue weighted by Crippen LogP contribution is 2.13. The van der Waals surface area contributed by atoms with Gasteiger partial charge in [0.25, 0.3) is 0 Å². The van der Waals surface area contributed by atoms with Crippen LogP contribution in [0.4, 0.5) is 0 Å². The highest BCUT2D eigenvalue weighted by atomic mass is 16.5. The lowest BCUT2D eigenvalue weighted by Crippen LogP contribution is -2.24. The summed E-state index contributed by atoms with van der Waals surface area (Å²) in [5, 5.41) is 0. The third-order valence-corrected chi connectivity index (χ3v) is 1.99. The Kier molecular flexibility index (Phi) is 5.75. The lowest BCUT2D eigenvalue weighted by molar-refractivity contribution is -0.00123. The molecule has 0 saturated carbocycles. The van der Waals surface area contributed by atoms with Crippen LogP contribution in [0.1, 0.15) is 27.2 Å². The summed E-state index contributed by atoms with van der Waals surface area (Å²) in [7, 11) is 1.71. The molecule has 3 nitrogen and oxygen atoms in total. The van der Waals surface area contributed by atoms with Gasteiger partial charge in [-0.15, -0.1) is 0 Å². The van der Waals surface area contributed by atoms with Gasteiger partial charge in [0.2, 0.25) is 0 Å². The van der Waals surface area contributed by atoms with Gasteiger partial charge in [-0.2, -0.15) is 0 Å². The average Bonchev–Trinajstić information content (AvgIpc) is 2.05. The van der Waals surface area contributed by atoms with Gasteiger partial charge in [0.1, 0.15) is 0 Å². The van der Waals surface area contributed by atoms with Crippen molar-refractivity contribution in [3.05, 3.63) is 11.8 Å². The maximum absolute atomic E-state index is 5.42. The Bertz CT molecular complexity index is 164. The van der Waals surface area contributed by atoms with Crippen molar-refractivity contribution in [2.45, 2.75) is 32.8 Å². The summed E-state index contributed by atoms with van der Waals surface area (Å²) in [6, 6.07) is 0. The molecule has 0 heterocycles. The second-order valence-electron chi connectivity index (χ2n) is 3.61. The first-order valence-corrected chi connectivity index (χ1v) is 4.56. The van der Waals surface area contributed by atoms with Crippen molar-refractivity contribution in [2.75, 3.05) is 20.3 Å². The number of hydrogen-bond acceptors (Lipinski definition) is 3. The molecule has 0 aromatic heterocycles. The molecular weight excluding hydrogens is 166 g/mol. The van der Waals surface area contributed by atoms with Crippen molar-refractivity contribution in [3.63, 3.8) is 0 Å². The van der Waals surface area contributed by atoms with Crippen LogP contribution in [0.5, 0.6) is 0 Å². The van der Waals surface area contributed by atoms with E-state index in [0.29, 0.717) is 13.2 Å². The van der Waals surface area contributed by atoms with Gasteiger partial charge in [0.05, 0.1) is 18.0 Å². The molecule has 13 heavy (non-hydrogen) atoms. The molecule has 2 N–H and O–H groups in total. The molecule has 0 aromatic rings. The quantitative estimate of drug-likeness (QED) is 0.643. The molecule has 0 aliphatic rings. The van der Waals surface area contributed by atoms with E-state index in [1.807, 2.05) is 26.8 Å². The van der Waals surface area contributed by atoms with Crippen LogP contribution in [0.15, 0.2) is 11.8 Å². The van der Waals surface area contributed by atoms with E-state index in [1.54, 1.807) is 7.11 Å². The van der Waals surface area contributed by atoms with Crippen LogP contribution in [-0.2, 0) is 9.47 Å². The number of rotatable bonds is 6. The van der Waals surface area contributed by atoms with Crippen molar-refractivity contribution in [2.24, 2.45) is 5.73 Å². The average molecular weight is 187 g/mol. The summed E-state index contributed by atoms with van der Waals surface area (Å²) in [4.78, 5) is 0. The van der Waals surface area contributed by atoms with Gasteiger partial charge in [-0.25, -0.2) is 0 Å². The molecule has 0 fully saturated rings. The minimum Gasteiger partial charge on any atom is -0.498 e. The molecule has 78 valence electrons. The third kappa shape index (κ3) is 6.61. The molecule has 0 aliphatic carbocycles. The van der Waals surface area contributed by atoms with Crippen LogP contribution in [0.2, 0.25) is 0 Å². The predicted molar refractivity (Wildman–Crippen MR) is 54.5 cm³/mol. The van der Waals surface area contributed by atoms with Crippen LogP contribution in [0.3, 0.4) is 0 Å². The molecule has 0 atom stereocenters. The van der Waals surface area contributed by atoms with E-state index in [0.717, 1.165) is 12.2 Å². The SMILES string of the molecule is COC(C)(C)CCO/C(C)=C/CN. The summed E-state index contributed by atoms with van der Waals surface area (Å²) < 4.78 is 10.7. The van der Waals surface area contributed by atoms with E-state index in [4.69, 9.17) is 15.2 Å². The summed E-state index contributed by atoms with van der Waals surface area (Å²) >= 11 is 0. The molecular formula is C10H21NO2. The fourth-order valence-electron chi connectivity index (χ4n) is 0.785. The minimum atomic E-state index is -0.108. The predicted octanol–water partition coefficient (Wildman–Crippen LogP) is 1.68. The lowest BCUT2D eigenvalue weighted by Gasteiger charge is -2.22. The van der Waals surface area contributed by atoms with E-state index in [2.05, 4.69) is 0 Å². The van der Waals surface area contributed by atoms with Gasteiger partial charge in [0.15, 0.2) is 0 Å². The molecule has 0 aromatic carbocycles. The van der Waals surface area contributed by atoms with Gasteiger partial charge >= 0.3 is 0 Å². The van der Waals surface area contributed by atoms with Crippen LogP contribution in [-0.4, -0.2) is 25.9 Å². The number of nitrogens with two attached hydrogens (primary N) is 1. The highest BCUT2D eigenvalue weighted by molar-refractivity contribution is 4.89. The Hall–Kier alpha value is -0.540. The van der Waals surface area contributed by atoms with E-state index >= 15 is 0 Å². The number of allylic oxidation sites excluding steroid dienone is 1. The number of methoxy groups -OCH3 is 1. The van der Waals surface area contributed by atoms with Gasteiger partial charge < -0.3 is 15.2 Å². The van der Waals surface area contributed by atoms with E-state index < -0.39 is 0 Å². The monoisotopic (exact) mass is 187 g/mol. The zero-order chi connectivity index (χ0) is 10.3. The van der Waals surface area contributed by atoms with E-state index in [-0.39, 0.29) is 5.60 Å². The standard InChI is InChI=1S/C10H21NO2/c1-9(5-7-11)13-8-6-10(2,3)12-4/h5H,6-8,11H2,1-4H3/b9-5+. The van der Waals surface area contributed by atoms with Crippen LogP contribution < -0.4 is 5.73 Å². The lowest BCUT2D eigenvalue weighted by atomic mass is 10.1. The van der Waals surface area contributed by atoms with Gasteiger partial charge in [-0.3, -0.25) is 0 Å². The first kappa shape index (κ1) is 12.5. The van der Waals surface area contributed by atoms with Crippen molar-refractivity contribution in [1.29, 1.82) is 0 Å². The van der Waals surface area contributed by atoms with Crippen molar-refractivity contribution >= 4 is 0 Å². The second-order valence-corrected chi connectivity index (χ2v) is 3.61. The second kappa shape index (κ2) is 6.00. The molecule has 0 unspecified atom stereocenters. The normalized spacial score (nSPS) is 13.2. The van der Waals surface area contributed by atoms with Gasteiger partial charge in [-0.1, -0.05) is 0 Å². The van der Waals surface area contributed by atoms with Gasteiger partial charge in [-0.05, 0) is 26.8 Å². The molecule has 0 radical (unpaired) electrons. The fourth-order valence-corrected chi connectivity index (χ4v) is 0.785. The maximum Gasteiger partial charge on any atom is 0.0904 e. The fraction of sp³-hybridized carbons (Fsp3) is 0.800. The molecule has 0 bridgehead atoms. The molecule has 3 heteroatoms. The summed E-state index contributed by atoms with van der Waals surface area (Å²) in [5.41, 5.74) is 5.22. The molecule has 0 amide bonds. The maximum atomic E-state index is 5.42. The van der Waals surface area contributed by atoms with E-state index in [9.17, 15) is 0 Å². The molecule has 0 aliphatic heterocycles. The smallest absolute Gasteiger partial charge is 0.0904 e. The number of hydrogen-bond donors (Lipinski definition) is 1. The van der Waals surface area contributed by atoms with Gasteiger partial charge in [0, 0.05) is 20.1 Å². The Morgan fingerprint density at radius 3 is 2.54 bits per heavy atom. The van der Waals surface area contributed by atoms with Crippen molar-refractivity contribution in [1.82, 2.24) is 0 Å². The number of ether oxygens (including phenoxy) is 2. The first-order chi connectivity index (χ1) is 6.02. The molecule has 0 rings (SSSR count). The van der Waals surface area contributed by atoms with Crippen LogP contribution in [0.25, 0.3) is 0 Å².